The van der Waals surface area contributed by atoms with E-state index in [0.717, 1.165) is 31.2 Å². The van der Waals surface area contributed by atoms with Gasteiger partial charge in [0.2, 0.25) is 0 Å². The molecule has 12 heteroatoms. The minimum absolute atomic E-state index is 0.103. The van der Waals surface area contributed by atoms with E-state index in [0.29, 0.717) is 36.3 Å². The molecule has 3 amide bonds. The molecule has 12 nitrogen and oxygen atoms in total. The normalized spacial score (nSPS) is 22.9. The molecule has 0 bridgehead atoms. The third-order valence-corrected chi connectivity index (χ3v) is 9.49. The summed E-state index contributed by atoms with van der Waals surface area (Å²) in [5, 5.41) is 24.4. The smallest absolute Gasteiger partial charge is 0.407 e. The number of ether oxygens (including phenoxy) is 2. The summed E-state index contributed by atoms with van der Waals surface area (Å²) < 4.78 is 13.4. The SMILES string of the molecule is COC[C@]1(O)CCCC[C@H]1n1cnc(C(=O)N2CCN(C(=O)O)C[C@H]2CCOc2ccc(C(=O)NC3CC3)cc2)c1-c1ccccc1. The topological polar surface area (TPSA) is 146 Å². The number of aromatic nitrogens is 2. The summed E-state index contributed by atoms with van der Waals surface area (Å²) in [6.45, 7) is 0.937. The van der Waals surface area contributed by atoms with Crippen molar-refractivity contribution in [3.05, 3.63) is 72.2 Å². The molecule has 0 unspecified atom stereocenters. The molecule has 2 saturated carbocycles. The van der Waals surface area contributed by atoms with E-state index in [-0.39, 0.29) is 62.4 Å². The molecule has 0 spiro atoms. The molecular weight excluding hydrogens is 602 g/mol. The van der Waals surface area contributed by atoms with E-state index in [1.807, 2.05) is 34.9 Å². The highest BCUT2D eigenvalue weighted by Crippen LogP contribution is 2.41. The van der Waals surface area contributed by atoms with Gasteiger partial charge in [0, 0.05) is 50.3 Å². The van der Waals surface area contributed by atoms with Crippen molar-refractivity contribution in [1.82, 2.24) is 24.7 Å². The molecule has 0 radical (unpaired) electrons. The van der Waals surface area contributed by atoms with E-state index in [2.05, 4.69) is 10.3 Å². The molecule has 250 valence electrons. The van der Waals surface area contributed by atoms with E-state index in [9.17, 15) is 24.6 Å². The van der Waals surface area contributed by atoms with Crippen LogP contribution in [0.5, 0.6) is 5.75 Å². The highest BCUT2D eigenvalue weighted by atomic mass is 16.5. The number of methoxy groups -OCH3 is 1. The molecule has 2 aromatic carbocycles. The summed E-state index contributed by atoms with van der Waals surface area (Å²) in [4.78, 5) is 46.4. The number of benzene rings is 2. The van der Waals surface area contributed by atoms with Gasteiger partial charge in [0.25, 0.3) is 11.8 Å². The van der Waals surface area contributed by atoms with Crippen LogP contribution in [-0.4, -0.2) is 105 Å². The Kier molecular flexibility index (Phi) is 9.79. The Hall–Kier alpha value is -4.42. The average Bonchev–Trinajstić information content (AvgIpc) is 3.79. The minimum atomic E-state index is -1.11. The van der Waals surface area contributed by atoms with Crippen LogP contribution >= 0.6 is 0 Å². The van der Waals surface area contributed by atoms with Crippen LogP contribution in [0.15, 0.2) is 60.9 Å². The quantitative estimate of drug-likeness (QED) is 0.281. The zero-order valence-corrected chi connectivity index (χ0v) is 26.7. The number of nitrogens with zero attached hydrogens (tertiary/aromatic N) is 4. The van der Waals surface area contributed by atoms with Crippen molar-refractivity contribution < 1.29 is 34.1 Å². The molecule has 6 rings (SSSR count). The molecule has 1 aromatic heterocycles. The fourth-order valence-corrected chi connectivity index (χ4v) is 6.85. The summed E-state index contributed by atoms with van der Waals surface area (Å²) in [6, 6.07) is 16.0. The maximum absolute atomic E-state index is 14.4. The van der Waals surface area contributed by atoms with Crippen molar-refractivity contribution in [2.24, 2.45) is 0 Å². The number of carbonyl (C=O) groups excluding carboxylic acids is 2. The Morgan fingerprint density at radius 2 is 1.79 bits per heavy atom. The van der Waals surface area contributed by atoms with E-state index < -0.39 is 17.7 Å². The number of aliphatic hydroxyl groups is 1. The van der Waals surface area contributed by atoms with Gasteiger partial charge in [-0.3, -0.25) is 9.59 Å². The zero-order valence-electron chi connectivity index (χ0n) is 26.7. The Morgan fingerprint density at radius 1 is 1.02 bits per heavy atom. The van der Waals surface area contributed by atoms with Gasteiger partial charge in [0.15, 0.2) is 5.69 Å². The van der Waals surface area contributed by atoms with Gasteiger partial charge in [-0.25, -0.2) is 9.78 Å². The molecule has 2 heterocycles. The first-order chi connectivity index (χ1) is 22.8. The first-order valence-corrected chi connectivity index (χ1v) is 16.4. The first-order valence-electron chi connectivity index (χ1n) is 16.4. The third kappa shape index (κ3) is 7.28. The fraction of sp³-hybridized carbons (Fsp3) is 0.486. The highest BCUT2D eigenvalue weighted by molar-refractivity contribution is 5.98. The number of piperazine rings is 1. The van der Waals surface area contributed by atoms with Gasteiger partial charge in [-0.05, 0) is 49.9 Å². The van der Waals surface area contributed by atoms with Crippen LogP contribution in [0, 0.1) is 0 Å². The molecule has 1 saturated heterocycles. The third-order valence-electron chi connectivity index (χ3n) is 9.49. The van der Waals surface area contributed by atoms with Gasteiger partial charge in [-0.2, -0.15) is 0 Å². The molecule has 3 aliphatic rings. The Morgan fingerprint density at radius 3 is 2.49 bits per heavy atom. The lowest BCUT2D eigenvalue weighted by Gasteiger charge is -2.41. The number of carbonyl (C=O) groups is 3. The number of hydrogen-bond acceptors (Lipinski definition) is 7. The van der Waals surface area contributed by atoms with Crippen LogP contribution in [0.3, 0.4) is 0 Å². The molecular formula is C35H43N5O7. The molecule has 3 atom stereocenters. The number of nitrogens with one attached hydrogen (secondary N) is 1. The van der Waals surface area contributed by atoms with Gasteiger partial charge in [-0.1, -0.05) is 43.2 Å². The van der Waals surface area contributed by atoms with Crippen molar-refractivity contribution in [1.29, 1.82) is 0 Å². The molecule has 47 heavy (non-hydrogen) atoms. The van der Waals surface area contributed by atoms with Crippen LogP contribution in [-0.2, 0) is 4.74 Å². The highest BCUT2D eigenvalue weighted by Gasteiger charge is 2.43. The minimum Gasteiger partial charge on any atom is -0.494 e. The fourth-order valence-electron chi connectivity index (χ4n) is 6.85. The van der Waals surface area contributed by atoms with Gasteiger partial charge in [0.1, 0.15) is 11.4 Å². The molecule has 1 aliphatic heterocycles. The largest absolute Gasteiger partial charge is 0.494 e. The number of amides is 3. The molecule has 2 aliphatic carbocycles. The van der Waals surface area contributed by atoms with Crippen LogP contribution < -0.4 is 10.1 Å². The van der Waals surface area contributed by atoms with Gasteiger partial charge in [-0.15, -0.1) is 0 Å². The first kappa shape index (κ1) is 32.5. The van der Waals surface area contributed by atoms with Crippen molar-refractivity contribution in [2.45, 2.75) is 68.7 Å². The molecule has 3 aromatic rings. The Bertz CT molecular complexity index is 1550. The van der Waals surface area contributed by atoms with E-state index in [4.69, 9.17) is 9.47 Å². The molecule has 3 fully saturated rings. The second kappa shape index (κ2) is 14.1. The zero-order chi connectivity index (χ0) is 33.0. The Labute approximate surface area is 274 Å². The van der Waals surface area contributed by atoms with Crippen LogP contribution in [0.1, 0.15) is 71.8 Å². The maximum Gasteiger partial charge on any atom is 0.407 e. The predicted molar refractivity (Wildman–Crippen MR) is 173 cm³/mol. The number of rotatable bonds is 11. The lowest BCUT2D eigenvalue weighted by Crippen LogP contribution is -2.56. The van der Waals surface area contributed by atoms with E-state index in [1.165, 1.54) is 4.90 Å². The van der Waals surface area contributed by atoms with Gasteiger partial charge in [0.05, 0.1) is 37.3 Å². The van der Waals surface area contributed by atoms with Crippen LogP contribution in [0.2, 0.25) is 0 Å². The van der Waals surface area contributed by atoms with Crippen LogP contribution in [0.4, 0.5) is 4.79 Å². The van der Waals surface area contributed by atoms with Crippen molar-refractivity contribution in [3.8, 4) is 17.0 Å². The number of carboxylic acid groups (broad SMARTS) is 1. The Balaban J connectivity index is 1.23. The predicted octanol–water partition coefficient (Wildman–Crippen LogP) is 4.21. The number of hydrogen-bond donors (Lipinski definition) is 3. The summed E-state index contributed by atoms with van der Waals surface area (Å²) in [7, 11) is 1.58. The summed E-state index contributed by atoms with van der Waals surface area (Å²) >= 11 is 0. The summed E-state index contributed by atoms with van der Waals surface area (Å²) in [5.74, 6) is 0.181. The average molecular weight is 646 g/mol. The second-order valence-corrected chi connectivity index (χ2v) is 12.8. The number of imidazole rings is 1. The lowest BCUT2D eigenvalue weighted by atomic mass is 9.80. The second-order valence-electron chi connectivity index (χ2n) is 12.8. The van der Waals surface area contributed by atoms with Gasteiger partial charge >= 0.3 is 6.09 Å². The lowest BCUT2D eigenvalue weighted by molar-refractivity contribution is -0.0893. The van der Waals surface area contributed by atoms with Crippen molar-refractivity contribution in [3.63, 3.8) is 0 Å². The van der Waals surface area contributed by atoms with E-state index in [1.54, 1.807) is 42.6 Å². The summed E-state index contributed by atoms with van der Waals surface area (Å²) in [5.41, 5.74) is 1.14. The van der Waals surface area contributed by atoms with Crippen molar-refractivity contribution in [2.75, 3.05) is 40.0 Å². The molecule has 3 N–H and O–H groups in total. The monoisotopic (exact) mass is 645 g/mol. The van der Waals surface area contributed by atoms with Crippen molar-refractivity contribution >= 4 is 17.9 Å². The maximum atomic E-state index is 14.4. The van der Waals surface area contributed by atoms with Crippen LogP contribution in [0.25, 0.3) is 11.3 Å². The standard InChI is InChI=1S/C35H43N5O7/c1-46-22-35(45)17-6-5-9-29(35)40-23-36-30(31(40)24-7-3-2-4-8-24)33(42)39-19-18-38(34(43)44)21-27(39)16-20-47-28-14-10-25(11-15-28)32(41)37-26-12-13-26/h2-4,7-8,10-11,14-15,23,26-27,29,45H,5-6,9,12-13,16-22H2,1H3,(H,37,41)(H,43,44)/t27-,29-,35-/m1/s1. The summed E-state index contributed by atoms with van der Waals surface area (Å²) in [6.07, 6.45) is 6.14. The van der Waals surface area contributed by atoms with E-state index >= 15 is 0 Å². The van der Waals surface area contributed by atoms with Gasteiger partial charge < -0.3 is 39.4 Å².